The van der Waals surface area contributed by atoms with Gasteiger partial charge < -0.3 is 5.32 Å². The van der Waals surface area contributed by atoms with Crippen molar-refractivity contribution in [2.75, 3.05) is 13.1 Å². The minimum atomic E-state index is -3.51. The zero-order chi connectivity index (χ0) is 13.3. The van der Waals surface area contributed by atoms with Gasteiger partial charge >= 0.3 is 0 Å². The summed E-state index contributed by atoms with van der Waals surface area (Å²) in [6.45, 7) is 5.03. The third-order valence-electron chi connectivity index (χ3n) is 3.40. The molecule has 0 amide bonds. The molecule has 19 heavy (non-hydrogen) atoms. The Hall–Kier alpha value is -0.330. The van der Waals surface area contributed by atoms with Gasteiger partial charge in [-0.2, -0.15) is 4.31 Å². The summed E-state index contributed by atoms with van der Waals surface area (Å²) in [7, 11) is -3.51. The number of hydrogen-bond donors (Lipinski definition) is 1. The second kappa shape index (κ2) is 6.41. The highest BCUT2D eigenvalue weighted by molar-refractivity contribution is 7.89. The Bertz CT molecular complexity index is 536. The lowest BCUT2D eigenvalue weighted by atomic mass is 10.1. The van der Waals surface area contributed by atoms with Gasteiger partial charge in [0.05, 0.1) is 5.02 Å². The van der Waals surface area contributed by atoms with Crippen LogP contribution in [0.5, 0.6) is 0 Å². The number of piperazine rings is 1. The maximum atomic E-state index is 12.6. The Labute approximate surface area is 125 Å². The van der Waals surface area contributed by atoms with Gasteiger partial charge in [0, 0.05) is 25.2 Å². The molecule has 1 saturated heterocycles. The minimum absolute atomic E-state index is 0. The zero-order valence-electron chi connectivity index (χ0n) is 10.8. The van der Waals surface area contributed by atoms with Gasteiger partial charge in [-0.1, -0.05) is 23.7 Å². The molecule has 0 radical (unpaired) electrons. The van der Waals surface area contributed by atoms with Crippen LogP contribution in [0.3, 0.4) is 0 Å². The van der Waals surface area contributed by atoms with Gasteiger partial charge in [0.1, 0.15) is 4.90 Å². The van der Waals surface area contributed by atoms with E-state index in [1.807, 2.05) is 13.8 Å². The Morgan fingerprint density at radius 2 is 1.95 bits per heavy atom. The summed E-state index contributed by atoms with van der Waals surface area (Å²) >= 11 is 5.99. The van der Waals surface area contributed by atoms with E-state index < -0.39 is 10.0 Å². The highest BCUT2D eigenvalue weighted by Crippen LogP contribution is 2.26. The normalized spacial score (nSPS) is 24.8. The van der Waals surface area contributed by atoms with E-state index >= 15 is 0 Å². The minimum Gasteiger partial charge on any atom is -0.311 e. The molecular weight excluding hydrogens is 307 g/mol. The SMILES string of the molecule is CC1NCCN(S(=O)(=O)c2ccccc2Cl)C1C.Cl. The average molecular weight is 325 g/mol. The van der Waals surface area contributed by atoms with Crippen LogP contribution in [0.1, 0.15) is 13.8 Å². The predicted molar refractivity (Wildman–Crippen MR) is 79.5 cm³/mol. The molecular formula is C12H18Cl2N2O2S. The molecule has 1 heterocycles. The molecule has 0 spiro atoms. The van der Waals surface area contributed by atoms with Crippen molar-refractivity contribution in [1.29, 1.82) is 0 Å². The number of nitrogens with one attached hydrogen (secondary N) is 1. The van der Waals surface area contributed by atoms with Gasteiger partial charge in [-0.25, -0.2) is 8.42 Å². The standard InChI is InChI=1S/C12H17ClN2O2S.ClH/c1-9-10(2)15(8-7-14-9)18(16,17)12-6-4-3-5-11(12)13;/h3-6,9-10,14H,7-8H2,1-2H3;1H. The van der Waals surface area contributed by atoms with Gasteiger partial charge in [-0.05, 0) is 26.0 Å². The second-order valence-electron chi connectivity index (χ2n) is 4.53. The third-order valence-corrected chi connectivity index (χ3v) is 5.89. The molecule has 2 unspecified atom stereocenters. The number of nitrogens with zero attached hydrogens (tertiary/aromatic N) is 1. The van der Waals surface area contributed by atoms with Gasteiger partial charge in [0.2, 0.25) is 10.0 Å². The smallest absolute Gasteiger partial charge is 0.244 e. The van der Waals surface area contributed by atoms with E-state index in [0.29, 0.717) is 13.1 Å². The highest BCUT2D eigenvalue weighted by Gasteiger charge is 2.35. The van der Waals surface area contributed by atoms with Crippen molar-refractivity contribution in [2.24, 2.45) is 0 Å². The fourth-order valence-electron chi connectivity index (χ4n) is 2.15. The summed E-state index contributed by atoms with van der Waals surface area (Å²) < 4.78 is 26.7. The van der Waals surface area contributed by atoms with Crippen LogP contribution < -0.4 is 5.32 Å². The summed E-state index contributed by atoms with van der Waals surface area (Å²) in [5.41, 5.74) is 0. The van der Waals surface area contributed by atoms with Crippen LogP contribution in [0.4, 0.5) is 0 Å². The lowest BCUT2D eigenvalue weighted by Crippen LogP contribution is -2.57. The van der Waals surface area contributed by atoms with Crippen molar-refractivity contribution in [3.05, 3.63) is 29.3 Å². The van der Waals surface area contributed by atoms with Crippen LogP contribution in [0, 0.1) is 0 Å². The number of hydrogen-bond acceptors (Lipinski definition) is 3. The molecule has 2 atom stereocenters. The molecule has 4 nitrogen and oxygen atoms in total. The lowest BCUT2D eigenvalue weighted by Gasteiger charge is -2.37. The van der Waals surface area contributed by atoms with Gasteiger partial charge in [-0.3, -0.25) is 0 Å². The van der Waals surface area contributed by atoms with Crippen LogP contribution in [-0.4, -0.2) is 37.9 Å². The van der Waals surface area contributed by atoms with E-state index in [4.69, 9.17) is 11.6 Å². The molecule has 1 aromatic rings. The first-order chi connectivity index (χ1) is 8.44. The topological polar surface area (TPSA) is 49.4 Å². The number of benzene rings is 1. The average Bonchev–Trinajstić information content (AvgIpc) is 2.32. The van der Waals surface area contributed by atoms with Crippen molar-refractivity contribution in [3.63, 3.8) is 0 Å². The van der Waals surface area contributed by atoms with E-state index in [-0.39, 0.29) is 34.4 Å². The molecule has 0 aliphatic carbocycles. The maximum Gasteiger partial charge on any atom is 0.244 e. The summed E-state index contributed by atoms with van der Waals surface area (Å²) in [4.78, 5) is 0.188. The number of rotatable bonds is 2. The summed E-state index contributed by atoms with van der Waals surface area (Å²) in [5, 5.41) is 3.53. The molecule has 108 valence electrons. The monoisotopic (exact) mass is 324 g/mol. The first-order valence-electron chi connectivity index (χ1n) is 5.94. The van der Waals surface area contributed by atoms with Crippen molar-refractivity contribution < 1.29 is 8.42 Å². The molecule has 1 aliphatic heterocycles. The predicted octanol–water partition coefficient (Wildman–Crippen LogP) is 2.13. The molecule has 7 heteroatoms. The molecule has 1 fully saturated rings. The van der Waals surface area contributed by atoms with Crippen LogP contribution >= 0.6 is 24.0 Å². The van der Waals surface area contributed by atoms with Crippen molar-refractivity contribution in [2.45, 2.75) is 30.8 Å². The quantitative estimate of drug-likeness (QED) is 0.906. The second-order valence-corrected chi connectivity index (χ2v) is 6.80. The van der Waals surface area contributed by atoms with E-state index in [9.17, 15) is 8.42 Å². The van der Waals surface area contributed by atoms with Crippen molar-refractivity contribution in [3.8, 4) is 0 Å². The number of sulfonamides is 1. The van der Waals surface area contributed by atoms with Crippen LogP contribution in [0.15, 0.2) is 29.2 Å². The molecule has 0 saturated carbocycles. The lowest BCUT2D eigenvalue weighted by molar-refractivity contribution is 0.233. The van der Waals surface area contributed by atoms with E-state index in [1.54, 1.807) is 24.3 Å². The Morgan fingerprint density at radius 1 is 1.32 bits per heavy atom. The van der Waals surface area contributed by atoms with Crippen LogP contribution in [0.2, 0.25) is 5.02 Å². The van der Waals surface area contributed by atoms with Gasteiger partial charge in [-0.15, -0.1) is 12.4 Å². The fraction of sp³-hybridized carbons (Fsp3) is 0.500. The molecule has 0 bridgehead atoms. The van der Waals surface area contributed by atoms with Crippen molar-refractivity contribution in [1.82, 2.24) is 9.62 Å². The first-order valence-corrected chi connectivity index (χ1v) is 7.76. The molecule has 2 rings (SSSR count). The fourth-order valence-corrected chi connectivity index (χ4v) is 4.34. The van der Waals surface area contributed by atoms with Crippen LogP contribution in [-0.2, 0) is 10.0 Å². The van der Waals surface area contributed by atoms with Crippen molar-refractivity contribution >= 4 is 34.0 Å². The summed E-state index contributed by atoms with van der Waals surface area (Å²) in [6.07, 6.45) is 0. The Morgan fingerprint density at radius 3 is 2.58 bits per heavy atom. The first kappa shape index (κ1) is 16.7. The number of halogens is 2. The van der Waals surface area contributed by atoms with Crippen LogP contribution in [0.25, 0.3) is 0 Å². The van der Waals surface area contributed by atoms with Gasteiger partial charge in [0.15, 0.2) is 0 Å². The van der Waals surface area contributed by atoms with E-state index in [2.05, 4.69) is 5.32 Å². The molecule has 0 aromatic heterocycles. The maximum absolute atomic E-state index is 12.6. The molecule has 1 aliphatic rings. The molecule has 1 aromatic carbocycles. The van der Waals surface area contributed by atoms with Gasteiger partial charge in [0.25, 0.3) is 0 Å². The molecule has 1 N–H and O–H groups in total. The Balaban J connectivity index is 0.00000180. The van der Waals surface area contributed by atoms with E-state index in [1.165, 1.54) is 4.31 Å². The zero-order valence-corrected chi connectivity index (χ0v) is 13.2. The van der Waals surface area contributed by atoms with E-state index in [0.717, 1.165) is 0 Å². The third kappa shape index (κ3) is 3.23. The summed E-state index contributed by atoms with van der Waals surface area (Å²) in [6, 6.07) is 6.62. The largest absolute Gasteiger partial charge is 0.311 e. The summed E-state index contributed by atoms with van der Waals surface area (Å²) in [5.74, 6) is 0. The highest BCUT2D eigenvalue weighted by atomic mass is 35.5. The Kier molecular flexibility index (Phi) is 5.65.